The Balaban J connectivity index is 0.00000108. The molecule has 7 heteroatoms. The summed E-state index contributed by atoms with van der Waals surface area (Å²) in [5, 5.41) is 21.2. The summed E-state index contributed by atoms with van der Waals surface area (Å²) in [6.07, 6.45) is 13.1. The van der Waals surface area contributed by atoms with Crippen LogP contribution in [-0.2, 0) is 19.0 Å². The smallest absolute Gasteiger partial charge is 0.166 e. The second-order valence-corrected chi connectivity index (χ2v) is 11.8. The topological polar surface area (TPSA) is 111 Å². The van der Waals surface area contributed by atoms with E-state index in [4.69, 9.17) is 19.9 Å². The van der Waals surface area contributed by atoms with Gasteiger partial charge in [-0.3, -0.25) is 4.79 Å². The fourth-order valence-electron chi connectivity index (χ4n) is 5.60. The first kappa shape index (κ1) is 35.1. The van der Waals surface area contributed by atoms with E-state index < -0.39 is 18.0 Å². The molecule has 0 aromatic carbocycles. The van der Waals surface area contributed by atoms with Gasteiger partial charge in [0.2, 0.25) is 0 Å². The molecule has 1 aliphatic heterocycles. The molecule has 230 valence electrons. The van der Waals surface area contributed by atoms with Crippen LogP contribution in [0.15, 0.2) is 70.4 Å². The zero-order valence-electron chi connectivity index (χ0n) is 26.2. The summed E-state index contributed by atoms with van der Waals surface area (Å²) in [6.45, 7) is 15.6. The summed E-state index contributed by atoms with van der Waals surface area (Å²) >= 11 is 0. The lowest BCUT2D eigenvalue weighted by molar-refractivity contribution is -0.208. The van der Waals surface area contributed by atoms with Gasteiger partial charge in [-0.15, -0.1) is 0 Å². The summed E-state index contributed by atoms with van der Waals surface area (Å²) in [5.74, 6) is 0.00915. The number of allylic oxidation sites excluding steroid dienone is 7. The molecule has 3 aliphatic rings. The van der Waals surface area contributed by atoms with Crippen LogP contribution in [0.1, 0.15) is 86.5 Å². The number of nitrogens with two attached hydrogens (primary N) is 1. The maximum atomic E-state index is 13.2. The Labute approximate surface area is 247 Å². The summed E-state index contributed by atoms with van der Waals surface area (Å²) in [5.41, 5.74) is 9.54. The number of rotatable bonds is 10. The molecule has 0 amide bonds. The van der Waals surface area contributed by atoms with E-state index in [1.807, 2.05) is 39.0 Å². The van der Waals surface area contributed by atoms with Crippen molar-refractivity contribution in [2.45, 2.75) is 123 Å². The average molecular weight is 572 g/mol. The van der Waals surface area contributed by atoms with E-state index in [1.165, 1.54) is 0 Å². The Morgan fingerprint density at radius 1 is 1.32 bits per heavy atom. The van der Waals surface area contributed by atoms with Crippen molar-refractivity contribution in [1.29, 1.82) is 0 Å². The van der Waals surface area contributed by atoms with Crippen LogP contribution in [0.3, 0.4) is 0 Å². The van der Waals surface area contributed by atoms with E-state index in [2.05, 4.69) is 25.7 Å². The third kappa shape index (κ3) is 10.3. The standard InChI is InChI=1S/C29H43NO6.C5H10/c1-7-25(36-27-14-21(30)11-17(2)35-27)23(16-31)20(15-29(4,5)33)12-19-13-24(32)28-22(18(19)3)9-8-10-26(28)34-6;1-3-5-4-2/h8-9,12,17,21,25-27,31,33H,3,7,10-11,13-16,30H2,1-2,4-6H3;3,5H,4H2,1-2H3/b19-12+,23-20-;5-3+/t17?,21?,25?,26-,27?;/m0./s1. The molecule has 0 bridgehead atoms. The predicted molar refractivity (Wildman–Crippen MR) is 165 cm³/mol. The molecule has 1 saturated heterocycles. The molecule has 4 N–H and O–H groups in total. The van der Waals surface area contributed by atoms with Crippen molar-refractivity contribution in [2.24, 2.45) is 5.73 Å². The molecule has 0 spiro atoms. The number of methoxy groups -OCH3 is 1. The van der Waals surface area contributed by atoms with Crippen LogP contribution in [0.4, 0.5) is 0 Å². The molecule has 1 heterocycles. The highest BCUT2D eigenvalue weighted by atomic mass is 16.7. The number of aliphatic hydroxyl groups excluding tert-OH is 1. The molecule has 1 fully saturated rings. The largest absolute Gasteiger partial charge is 0.392 e. The Morgan fingerprint density at radius 3 is 2.54 bits per heavy atom. The van der Waals surface area contributed by atoms with Crippen LogP contribution in [0.2, 0.25) is 0 Å². The lowest BCUT2D eigenvalue weighted by atomic mass is 9.77. The lowest BCUT2D eigenvalue weighted by Crippen LogP contribution is -2.42. The third-order valence-electron chi connectivity index (χ3n) is 7.51. The van der Waals surface area contributed by atoms with E-state index in [-0.39, 0.29) is 43.5 Å². The molecule has 4 unspecified atom stereocenters. The third-order valence-corrected chi connectivity index (χ3v) is 7.51. The number of Topliss-reactive ketones (excluding diaryl/α,β-unsaturated/α-hetero) is 1. The van der Waals surface area contributed by atoms with Crippen LogP contribution in [0.5, 0.6) is 0 Å². The fourth-order valence-corrected chi connectivity index (χ4v) is 5.60. The van der Waals surface area contributed by atoms with Gasteiger partial charge in [0.15, 0.2) is 12.1 Å². The zero-order chi connectivity index (χ0) is 30.7. The quantitative estimate of drug-likeness (QED) is 0.285. The van der Waals surface area contributed by atoms with E-state index in [9.17, 15) is 15.0 Å². The molecule has 7 nitrogen and oxygen atoms in total. The number of ether oxygens (including phenoxy) is 3. The van der Waals surface area contributed by atoms with Gasteiger partial charge in [-0.25, -0.2) is 0 Å². The van der Waals surface area contributed by atoms with Gasteiger partial charge < -0.3 is 30.2 Å². The Bertz CT molecular complexity index is 1050. The number of carbonyl (C=O) groups is 1. The fraction of sp³-hybridized carbons (Fsp3) is 0.618. The SMILES string of the molecule is C/C=C/CC.C=C1C2=C(C(=O)C/C1=C\C(CC(C)(C)O)=C(/CO)C(CC)OC1CC(N)CC(C)O1)[C@@H](OC)CC=C2. The van der Waals surface area contributed by atoms with Gasteiger partial charge in [0.1, 0.15) is 0 Å². The van der Waals surface area contributed by atoms with Crippen molar-refractivity contribution < 1.29 is 29.2 Å². The molecule has 41 heavy (non-hydrogen) atoms. The van der Waals surface area contributed by atoms with E-state index in [1.54, 1.807) is 21.0 Å². The second-order valence-electron chi connectivity index (χ2n) is 11.8. The summed E-state index contributed by atoms with van der Waals surface area (Å²) < 4.78 is 17.8. The van der Waals surface area contributed by atoms with Gasteiger partial charge in [0.25, 0.3) is 0 Å². The molecule has 0 aromatic heterocycles. The molecular formula is C34H53NO6. The predicted octanol–water partition coefficient (Wildman–Crippen LogP) is 5.78. The highest BCUT2D eigenvalue weighted by molar-refractivity contribution is 6.03. The monoisotopic (exact) mass is 571 g/mol. The van der Waals surface area contributed by atoms with Crippen LogP contribution in [0.25, 0.3) is 0 Å². The zero-order valence-corrected chi connectivity index (χ0v) is 26.2. The minimum absolute atomic E-state index is 0.00528. The van der Waals surface area contributed by atoms with Crippen molar-refractivity contribution in [2.75, 3.05) is 13.7 Å². The Morgan fingerprint density at radius 2 is 2.02 bits per heavy atom. The molecule has 0 aromatic rings. The van der Waals surface area contributed by atoms with E-state index in [0.717, 1.165) is 35.1 Å². The highest BCUT2D eigenvalue weighted by Crippen LogP contribution is 2.39. The molecule has 2 aliphatic carbocycles. The van der Waals surface area contributed by atoms with Crippen LogP contribution >= 0.6 is 0 Å². The molecule has 3 rings (SSSR count). The minimum Gasteiger partial charge on any atom is -0.392 e. The molecule has 0 radical (unpaired) electrons. The van der Waals surface area contributed by atoms with Crippen LogP contribution in [-0.4, -0.2) is 66.0 Å². The van der Waals surface area contributed by atoms with Crippen molar-refractivity contribution in [1.82, 2.24) is 0 Å². The minimum atomic E-state index is -1.04. The molecule has 5 atom stereocenters. The number of hydrogen-bond donors (Lipinski definition) is 3. The first-order chi connectivity index (χ1) is 19.4. The maximum absolute atomic E-state index is 13.2. The lowest BCUT2D eigenvalue weighted by Gasteiger charge is -2.35. The number of hydrogen-bond acceptors (Lipinski definition) is 7. The van der Waals surface area contributed by atoms with Crippen molar-refractivity contribution >= 4 is 5.78 Å². The second kappa shape index (κ2) is 16.5. The first-order valence-electron chi connectivity index (χ1n) is 15.0. The molecule has 0 saturated carbocycles. The van der Waals surface area contributed by atoms with Crippen molar-refractivity contribution in [3.63, 3.8) is 0 Å². The van der Waals surface area contributed by atoms with Gasteiger partial charge in [-0.2, -0.15) is 0 Å². The Hall–Kier alpha value is -2.13. The van der Waals surface area contributed by atoms with Crippen LogP contribution < -0.4 is 5.73 Å². The van der Waals surface area contributed by atoms with Crippen LogP contribution in [0, 0.1) is 0 Å². The summed E-state index contributed by atoms with van der Waals surface area (Å²) in [6, 6.07) is -0.00528. The maximum Gasteiger partial charge on any atom is 0.166 e. The van der Waals surface area contributed by atoms with Gasteiger partial charge in [0, 0.05) is 38.0 Å². The van der Waals surface area contributed by atoms with Gasteiger partial charge in [-0.1, -0.05) is 50.8 Å². The van der Waals surface area contributed by atoms with Gasteiger partial charge >= 0.3 is 0 Å². The normalized spacial score (nSPS) is 27.5. The number of carbonyl (C=O) groups excluding carboxylic acids is 1. The first-order valence-corrected chi connectivity index (χ1v) is 15.0. The summed E-state index contributed by atoms with van der Waals surface area (Å²) in [4.78, 5) is 13.2. The number of ketones is 1. The highest BCUT2D eigenvalue weighted by Gasteiger charge is 2.34. The van der Waals surface area contributed by atoms with E-state index >= 15 is 0 Å². The number of aliphatic hydroxyl groups is 2. The van der Waals surface area contributed by atoms with Gasteiger partial charge in [0.05, 0.1) is 30.5 Å². The average Bonchev–Trinajstić information content (AvgIpc) is 2.90. The van der Waals surface area contributed by atoms with Gasteiger partial charge in [-0.05, 0) is 81.2 Å². The van der Waals surface area contributed by atoms with Crippen molar-refractivity contribution in [3.05, 3.63) is 70.4 Å². The summed E-state index contributed by atoms with van der Waals surface area (Å²) in [7, 11) is 1.61. The van der Waals surface area contributed by atoms with E-state index in [0.29, 0.717) is 30.4 Å². The Kier molecular flexibility index (Phi) is 14.1. The molecular weight excluding hydrogens is 518 g/mol. The van der Waals surface area contributed by atoms with Crippen molar-refractivity contribution in [3.8, 4) is 0 Å².